The molecule has 5 fully saturated rings. The molecule has 1 amide bonds. The van der Waals surface area contributed by atoms with Crippen LogP contribution in [0.15, 0.2) is 24.3 Å². The third-order valence-corrected chi connectivity index (χ3v) is 8.60. The van der Waals surface area contributed by atoms with Crippen LogP contribution in [0.1, 0.15) is 56.1 Å². The largest absolute Gasteiger partial charge is 0.365 e. The van der Waals surface area contributed by atoms with Gasteiger partial charge in [-0.15, -0.1) is 0 Å². The number of hydrogen-bond acceptors (Lipinski definition) is 3. The summed E-state index contributed by atoms with van der Waals surface area (Å²) in [7, 11) is 0. The second-order valence-electron chi connectivity index (χ2n) is 10.2. The maximum absolute atomic E-state index is 12.8. The minimum absolute atomic E-state index is 0.106. The number of hydrogen-bond donors (Lipinski definition) is 1. The first kappa shape index (κ1) is 17.5. The number of likely N-dealkylation sites (tertiary alicyclic amines) is 1. The summed E-state index contributed by atoms with van der Waals surface area (Å²) in [5.74, 6) is 3.69. The lowest BCUT2D eigenvalue weighted by Crippen LogP contribution is -2.57. The number of amides is 1. The van der Waals surface area contributed by atoms with E-state index in [9.17, 15) is 4.79 Å². The predicted octanol–water partition coefficient (Wildman–Crippen LogP) is 3.45. The van der Waals surface area contributed by atoms with E-state index in [0.29, 0.717) is 12.6 Å². The molecule has 1 aromatic rings. The molecule has 7 rings (SSSR count). The number of ether oxygens (including phenoxy) is 1. The summed E-state index contributed by atoms with van der Waals surface area (Å²) in [6.07, 6.45) is 8.91. The molecule has 4 heteroatoms. The minimum Gasteiger partial charge on any atom is -0.365 e. The van der Waals surface area contributed by atoms with Crippen LogP contribution in [0.5, 0.6) is 0 Å². The van der Waals surface area contributed by atoms with Gasteiger partial charge in [0, 0.05) is 19.1 Å². The van der Waals surface area contributed by atoms with Gasteiger partial charge < -0.3 is 10.1 Å². The van der Waals surface area contributed by atoms with Crippen molar-refractivity contribution in [1.29, 1.82) is 0 Å². The maximum atomic E-state index is 12.8. The van der Waals surface area contributed by atoms with Gasteiger partial charge in [0.25, 0.3) is 0 Å². The smallest absolute Gasteiger partial charge is 0.234 e. The Kier molecular flexibility index (Phi) is 4.09. The molecule has 6 aliphatic rings. The van der Waals surface area contributed by atoms with Gasteiger partial charge in [-0.3, -0.25) is 9.69 Å². The number of nitrogens with zero attached hydrogens (tertiary/aromatic N) is 1. The molecule has 1 aromatic carbocycles. The zero-order valence-electron chi connectivity index (χ0n) is 16.7. The Morgan fingerprint density at radius 2 is 1.71 bits per heavy atom. The summed E-state index contributed by atoms with van der Waals surface area (Å²) < 4.78 is 6.26. The van der Waals surface area contributed by atoms with Crippen LogP contribution in [0.25, 0.3) is 0 Å². The zero-order chi connectivity index (χ0) is 18.7. The number of rotatable bonds is 3. The van der Waals surface area contributed by atoms with Gasteiger partial charge in [0.1, 0.15) is 0 Å². The summed E-state index contributed by atoms with van der Waals surface area (Å²) >= 11 is 0. The summed E-state index contributed by atoms with van der Waals surface area (Å²) in [6, 6.07) is 9.11. The molecule has 4 saturated carbocycles. The molecule has 0 radical (unpaired) electrons. The van der Waals surface area contributed by atoms with Gasteiger partial charge >= 0.3 is 0 Å². The van der Waals surface area contributed by atoms with Crippen molar-refractivity contribution in [3.63, 3.8) is 0 Å². The predicted molar refractivity (Wildman–Crippen MR) is 108 cm³/mol. The molecule has 2 heterocycles. The first-order valence-electron chi connectivity index (χ1n) is 11.4. The van der Waals surface area contributed by atoms with E-state index in [2.05, 4.69) is 34.5 Å². The Morgan fingerprint density at radius 1 is 1.04 bits per heavy atom. The van der Waals surface area contributed by atoms with Crippen LogP contribution in [0.4, 0.5) is 0 Å². The third kappa shape index (κ3) is 2.83. The van der Waals surface area contributed by atoms with Crippen LogP contribution in [0, 0.1) is 23.7 Å². The first-order chi connectivity index (χ1) is 13.7. The summed E-state index contributed by atoms with van der Waals surface area (Å²) in [5, 5.41) is 3.47. The van der Waals surface area contributed by atoms with Gasteiger partial charge in [-0.25, -0.2) is 0 Å². The highest BCUT2D eigenvalue weighted by molar-refractivity contribution is 5.78. The normalized spacial score (nSPS) is 37.9. The van der Waals surface area contributed by atoms with Gasteiger partial charge in [0.2, 0.25) is 5.91 Å². The molecule has 1 N–H and O–H groups in total. The molecular weight excluding hydrogens is 348 g/mol. The molecule has 150 valence electrons. The van der Waals surface area contributed by atoms with Crippen LogP contribution >= 0.6 is 0 Å². The number of piperidine rings is 1. The number of carbonyl (C=O) groups excluding carboxylic acids is 1. The molecule has 4 aliphatic carbocycles. The van der Waals surface area contributed by atoms with Gasteiger partial charge in [-0.05, 0) is 79.7 Å². The first-order valence-corrected chi connectivity index (χ1v) is 11.4. The fourth-order valence-electron chi connectivity index (χ4n) is 7.47. The molecule has 2 aliphatic heterocycles. The van der Waals surface area contributed by atoms with E-state index in [1.54, 1.807) is 0 Å². The molecule has 1 spiro atoms. The van der Waals surface area contributed by atoms with Crippen molar-refractivity contribution < 1.29 is 9.53 Å². The summed E-state index contributed by atoms with van der Waals surface area (Å²) in [6.45, 7) is 3.19. The van der Waals surface area contributed by atoms with Crippen LogP contribution in [-0.4, -0.2) is 36.5 Å². The maximum Gasteiger partial charge on any atom is 0.234 e. The Morgan fingerprint density at radius 3 is 2.43 bits per heavy atom. The van der Waals surface area contributed by atoms with Gasteiger partial charge in [-0.1, -0.05) is 24.3 Å². The SMILES string of the molecule is O=C(CN1CCC2(CC1)OCc1ccccc12)NC1C2CC3CC(C2)CC1C3. The van der Waals surface area contributed by atoms with Crippen molar-refractivity contribution in [3.05, 3.63) is 35.4 Å². The van der Waals surface area contributed by atoms with Crippen molar-refractivity contribution in [1.82, 2.24) is 10.2 Å². The van der Waals surface area contributed by atoms with Crippen molar-refractivity contribution >= 4 is 5.91 Å². The second kappa shape index (κ2) is 6.56. The standard InChI is InChI=1S/C24H32N2O2/c27-22(25-23-19-10-16-9-17(12-19)13-20(23)11-16)14-26-7-5-24(6-8-26)21-4-2-1-3-18(21)15-28-24/h1-4,16-17,19-20,23H,5-15H2,(H,25,27). The Balaban J connectivity index is 1.05. The van der Waals surface area contributed by atoms with Crippen LogP contribution in [0.2, 0.25) is 0 Å². The summed E-state index contributed by atoms with van der Waals surface area (Å²) in [5.41, 5.74) is 2.62. The fraction of sp³-hybridized carbons (Fsp3) is 0.708. The topological polar surface area (TPSA) is 41.6 Å². The highest BCUT2D eigenvalue weighted by atomic mass is 16.5. The lowest BCUT2D eigenvalue weighted by molar-refractivity contribution is -0.128. The van der Waals surface area contributed by atoms with Crippen LogP contribution in [-0.2, 0) is 21.7 Å². The van der Waals surface area contributed by atoms with E-state index in [4.69, 9.17) is 4.74 Å². The molecular formula is C24H32N2O2. The highest BCUT2D eigenvalue weighted by Gasteiger charge is 2.49. The van der Waals surface area contributed by atoms with E-state index in [1.165, 1.54) is 43.2 Å². The molecule has 4 bridgehead atoms. The molecule has 1 saturated heterocycles. The van der Waals surface area contributed by atoms with Gasteiger partial charge in [0.05, 0.1) is 18.8 Å². The van der Waals surface area contributed by atoms with E-state index in [-0.39, 0.29) is 11.5 Å². The molecule has 0 atom stereocenters. The second-order valence-corrected chi connectivity index (χ2v) is 10.2. The molecule has 0 unspecified atom stereocenters. The van der Waals surface area contributed by atoms with Gasteiger partial charge in [-0.2, -0.15) is 0 Å². The molecule has 4 nitrogen and oxygen atoms in total. The van der Waals surface area contributed by atoms with Crippen molar-refractivity contribution in [2.45, 2.75) is 63.2 Å². The Labute approximate surface area is 168 Å². The number of nitrogens with one attached hydrogen (secondary N) is 1. The monoisotopic (exact) mass is 380 g/mol. The van der Waals surface area contributed by atoms with E-state index >= 15 is 0 Å². The van der Waals surface area contributed by atoms with Crippen LogP contribution < -0.4 is 5.32 Å². The summed E-state index contributed by atoms with van der Waals surface area (Å²) in [4.78, 5) is 15.2. The van der Waals surface area contributed by atoms with E-state index in [1.807, 2.05) is 0 Å². The van der Waals surface area contributed by atoms with E-state index < -0.39 is 0 Å². The minimum atomic E-state index is -0.106. The van der Waals surface area contributed by atoms with Crippen molar-refractivity contribution in [2.24, 2.45) is 23.7 Å². The number of carbonyl (C=O) groups is 1. The molecule has 28 heavy (non-hydrogen) atoms. The average Bonchev–Trinajstić information content (AvgIpc) is 3.05. The lowest BCUT2D eigenvalue weighted by Gasteiger charge is -2.54. The third-order valence-electron chi connectivity index (χ3n) is 8.60. The quantitative estimate of drug-likeness (QED) is 0.873. The molecule has 0 aromatic heterocycles. The van der Waals surface area contributed by atoms with Crippen LogP contribution in [0.3, 0.4) is 0 Å². The Bertz CT molecular complexity index is 740. The van der Waals surface area contributed by atoms with Crippen molar-refractivity contribution in [2.75, 3.05) is 19.6 Å². The fourth-order valence-corrected chi connectivity index (χ4v) is 7.47. The number of fused-ring (bicyclic) bond motifs is 2. The highest BCUT2D eigenvalue weighted by Crippen LogP contribution is 2.53. The lowest BCUT2D eigenvalue weighted by atomic mass is 9.54. The van der Waals surface area contributed by atoms with Gasteiger partial charge in [0.15, 0.2) is 0 Å². The number of benzene rings is 1. The van der Waals surface area contributed by atoms with Crippen molar-refractivity contribution in [3.8, 4) is 0 Å². The average molecular weight is 381 g/mol. The zero-order valence-corrected chi connectivity index (χ0v) is 16.7. The Hall–Kier alpha value is -1.39. The van der Waals surface area contributed by atoms with E-state index in [0.717, 1.165) is 56.2 Å².